The van der Waals surface area contributed by atoms with Gasteiger partial charge in [0.25, 0.3) is 0 Å². The maximum Gasteiger partial charge on any atom is 0.122 e. The molecule has 2 heteroatoms. The zero-order valence-electron chi connectivity index (χ0n) is 13.0. The van der Waals surface area contributed by atoms with Crippen LogP contribution in [-0.4, -0.2) is 6.10 Å². The minimum atomic E-state index is -0.0421. The number of hydrogen-bond donors (Lipinski definition) is 1. The lowest BCUT2D eigenvalue weighted by molar-refractivity contribution is 0.184. The van der Waals surface area contributed by atoms with Crippen molar-refractivity contribution in [2.75, 3.05) is 0 Å². The molecule has 0 amide bonds. The van der Waals surface area contributed by atoms with Gasteiger partial charge in [-0.25, -0.2) is 0 Å². The lowest BCUT2D eigenvalue weighted by Crippen LogP contribution is -2.28. The quantitative estimate of drug-likeness (QED) is 0.903. The first-order chi connectivity index (χ1) is 9.95. The van der Waals surface area contributed by atoms with Gasteiger partial charge in [-0.3, -0.25) is 0 Å². The summed E-state index contributed by atoms with van der Waals surface area (Å²) < 4.78 is 6.18. The van der Waals surface area contributed by atoms with Gasteiger partial charge >= 0.3 is 0 Å². The Balaban J connectivity index is 1.80. The fraction of sp³-hybridized carbons (Fsp3) is 0.368. The Labute approximate surface area is 126 Å². The number of rotatable bonds is 2. The molecule has 0 heterocycles. The van der Waals surface area contributed by atoms with Crippen molar-refractivity contribution in [3.63, 3.8) is 0 Å². The Morgan fingerprint density at radius 1 is 1.05 bits per heavy atom. The highest BCUT2D eigenvalue weighted by atomic mass is 16.5. The van der Waals surface area contributed by atoms with E-state index in [0.29, 0.717) is 0 Å². The van der Waals surface area contributed by atoms with Crippen molar-refractivity contribution < 1.29 is 4.74 Å². The van der Waals surface area contributed by atoms with E-state index in [4.69, 9.17) is 10.5 Å². The second kappa shape index (κ2) is 5.19. The van der Waals surface area contributed by atoms with E-state index in [-0.39, 0.29) is 17.6 Å². The van der Waals surface area contributed by atoms with Gasteiger partial charge in [-0.15, -0.1) is 0 Å². The average molecular weight is 281 g/mol. The van der Waals surface area contributed by atoms with Gasteiger partial charge in [0, 0.05) is 6.42 Å². The second-order valence-corrected chi connectivity index (χ2v) is 6.86. The molecule has 2 aromatic rings. The fourth-order valence-electron chi connectivity index (χ4n) is 2.91. The van der Waals surface area contributed by atoms with Crippen LogP contribution in [-0.2, 0) is 11.8 Å². The predicted octanol–water partition coefficient (Wildman–Crippen LogP) is 3.99. The molecule has 3 rings (SSSR count). The molecule has 0 bridgehead atoms. The van der Waals surface area contributed by atoms with E-state index in [1.54, 1.807) is 0 Å². The zero-order chi connectivity index (χ0) is 15.0. The third-order valence-electron chi connectivity index (χ3n) is 4.22. The van der Waals surface area contributed by atoms with Crippen molar-refractivity contribution in [1.29, 1.82) is 0 Å². The highest BCUT2D eigenvalue weighted by Crippen LogP contribution is 2.33. The van der Waals surface area contributed by atoms with E-state index in [1.807, 2.05) is 12.1 Å². The van der Waals surface area contributed by atoms with Crippen molar-refractivity contribution in [2.45, 2.75) is 44.8 Å². The van der Waals surface area contributed by atoms with Crippen LogP contribution >= 0.6 is 0 Å². The van der Waals surface area contributed by atoms with Crippen LogP contribution in [0.2, 0.25) is 0 Å². The van der Waals surface area contributed by atoms with Crippen LogP contribution in [0.4, 0.5) is 0 Å². The Kier molecular flexibility index (Phi) is 3.50. The molecule has 0 spiro atoms. The summed E-state index contributed by atoms with van der Waals surface area (Å²) in [6.45, 7) is 6.63. The Hall–Kier alpha value is -1.80. The maximum atomic E-state index is 6.34. The van der Waals surface area contributed by atoms with Crippen LogP contribution in [0.25, 0.3) is 0 Å². The minimum absolute atomic E-state index is 0.0256. The molecule has 2 aromatic carbocycles. The monoisotopic (exact) mass is 281 g/mol. The van der Waals surface area contributed by atoms with E-state index >= 15 is 0 Å². The summed E-state index contributed by atoms with van der Waals surface area (Å²) in [5.74, 6) is 0.913. The third-order valence-corrected chi connectivity index (χ3v) is 4.22. The van der Waals surface area contributed by atoms with Crippen molar-refractivity contribution >= 4 is 0 Å². The van der Waals surface area contributed by atoms with E-state index in [1.165, 1.54) is 16.7 Å². The van der Waals surface area contributed by atoms with E-state index in [2.05, 4.69) is 57.2 Å². The summed E-state index contributed by atoms with van der Waals surface area (Å²) in [4.78, 5) is 0. The SMILES string of the molecule is CC(C)(C)c1cccc(OC2Cc3ccccc3C2N)c1. The van der Waals surface area contributed by atoms with Crippen LogP contribution in [0, 0.1) is 0 Å². The van der Waals surface area contributed by atoms with Crippen molar-refractivity contribution in [3.05, 3.63) is 65.2 Å². The normalized spacial score (nSPS) is 21.1. The summed E-state index contributed by atoms with van der Waals surface area (Å²) in [5, 5.41) is 0. The van der Waals surface area contributed by atoms with Gasteiger partial charge in [0.2, 0.25) is 0 Å². The second-order valence-electron chi connectivity index (χ2n) is 6.86. The standard InChI is InChI=1S/C19H23NO/c1-19(2,3)14-8-6-9-15(12-14)21-17-11-13-7-4-5-10-16(13)18(17)20/h4-10,12,17-18H,11,20H2,1-3H3. The number of hydrogen-bond acceptors (Lipinski definition) is 2. The lowest BCUT2D eigenvalue weighted by atomic mass is 9.87. The Morgan fingerprint density at radius 2 is 1.81 bits per heavy atom. The lowest BCUT2D eigenvalue weighted by Gasteiger charge is -2.22. The van der Waals surface area contributed by atoms with Crippen LogP contribution in [0.5, 0.6) is 5.75 Å². The minimum Gasteiger partial charge on any atom is -0.488 e. The van der Waals surface area contributed by atoms with Crippen molar-refractivity contribution in [1.82, 2.24) is 0 Å². The van der Waals surface area contributed by atoms with Gasteiger partial charge in [0.1, 0.15) is 11.9 Å². The van der Waals surface area contributed by atoms with Crippen LogP contribution in [0.1, 0.15) is 43.5 Å². The molecule has 110 valence electrons. The molecule has 0 radical (unpaired) electrons. The van der Waals surface area contributed by atoms with E-state index in [0.717, 1.165) is 12.2 Å². The molecule has 2 N–H and O–H groups in total. The highest BCUT2D eigenvalue weighted by Gasteiger charge is 2.31. The Bertz CT molecular complexity index is 642. The zero-order valence-corrected chi connectivity index (χ0v) is 13.0. The molecule has 2 nitrogen and oxygen atoms in total. The van der Waals surface area contributed by atoms with Crippen LogP contribution in [0.15, 0.2) is 48.5 Å². The fourth-order valence-corrected chi connectivity index (χ4v) is 2.91. The number of ether oxygens (including phenoxy) is 1. The first kappa shape index (κ1) is 14.2. The third kappa shape index (κ3) is 2.81. The number of benzene rings is 2. The first-order valence-corrected chi connectivity index (χ1v) is 7.56. The molecule has 2 atom stereocenters. The van der Waals surface area contributed by atoms with Gasteiger partial charge in [-0.05, 0) is 34.2 Å². The summed E-state index contributed by atoms with van der Waals surface area (Å²) in [5.41, 5.74) is 10.3. The summed E-state index contributed by atoms with van der Waals surface area (Å²) in [6.07, 6.45) is 0.912. The summed E-state index contributed by atoms with van der Waals surface area (Å²) in [6, 6.07) is 16.7. The molecule has 0 saturated carbocycles. The Morgan fingerprint density at radius 3 is 2.52 bits per heavy atom. The molecular weight excluding hydrogens is 258 g/mol. The van der Waals surface area contributed by atoms with Crippen LogP contribution < -0.4 is 10.5 Å². The largest absolute Gasteiger partial charge is 0.488 e. The molecule has 21 heavy (non-hydrogen) atoms. The van der Waals surface area contributed by atoms with E-state index < -0.39 is 0 Å². The molecule has 0 fully saturated rings. The molecule has 1 aliphatic carbocycles. The molecule has 2 unspecified atom stereocenters. The van der Waals surface area contributed by atoms with Gasteiger partial charge < -0.3 is 10.5 Å². The predicted molar refractivity (Wildman–Crippen MR) is 86.6 cm³/mol. The topological polar surface area (TPSA) is 35.2 Å². The molecule has 0 aliphatic heterocycles. The smallest absolute Gasteiger partial charge is 0.122 e. The van der Waals surface area contributed by atoms with Gasteiger partial charge in [0.15, 0.2) is 0 Å². The summed E-state index contributed by atoms with van der Waals surface area (Å²) in [7, 11) is 0. The van der Waals surface area contributed by atoms with Crippen molar-refractivity contribution in [2.24, 2.45) is 5.73 Å². The van der Waals surface area contributed by atoms with Gasteiger partial charge in [-0.1, -0.05) is 57.2 Å². The molecule has 1 aliphatic rings. The average Bonchev–Trinajstić information content (AvgIpc) is 2.75. The summed E-state index contributed by atoms with van der Waals surface area (Å²) >= 11 is 0. The highest BCUT2D eigenvalue weighted by molar-refractivity contribution is 5.38. The first-order valence-electron chi connectivity index (χ1n) is 7.56. The van der Waals surface area contributed by atoms with Gasteiger partial charge in [-0.2, -0.15) is 0 Å². The number of nitrogens with two attached hydrogens (primary N) is 1. The number of fused-ring (bicyclic) bond motifs is 1. The molecule has 0 aromatic heterocycles. The van der Waals surface area contributed by atoms with Crippen molar-refractivity contribution in [3.8, 4) is 5.75 Å². The molecular formula is C19H23NO. The van der Waals surface area contributed by atoms with E-state index in [9.17, 15) is 0 Å². The van der Waals surface area contributed by atoms with Gasteiger partial charge in [0.05, 0.1) is 6.04 Å². The molecule has 0 saturated heterocycles. The van der Waals surface area contributed by atoms with Crippen LogP contribution in [0.3, 0.4) is 0 Å². The maximum absolute atomic E-state index is 6.34.